The molecule has 2 aromatic rings. The predicted octanol–water partition coefficient (Wildman–Crippen LogP) is 0.314. The van der Waals surface area contributed by atoms with Crippen molar-refractivity contribution in [3.8, 4) is 0 Å². The molecule has 0 saturated carbocycles. The van der Waals surface area contributed by atoms with Gasteiger partial charge in [0, 0.05) is 0 Å². The zero-order chi connectivity index (χ0) is 18.6. The molecule has 0 atom stereocenters. The van der Waals surface area contributed by atoms with E-state index in [0.717, 1.165) is 0 Å². The van der Waals surface area contributed by atoms with E-state index in [0.29, 0.717) is 0 Å². The second-order valence-corrected chi connectivity index (χ2v) is 4.99. The molecule has 2 heterocycles. The van der Waals surface area contributed by atoms with E-state index in [1.54, 1.807) is 22.7 Å². The molecule has 0 aliphatic heterocycles. The summed E-state index contributed by atoms with van der Waals surface area (Å²) in [4.78, 5) is 24.0. The Morgan fingerprint density at radius 1 is 0.880 bits per heavy atom. The fourth-order valence-corrected chi connectivity index (χ4v) is 1.59. The number of hydrogen-bond acceptors (Lipinski definition) is 7. The van der Waals surface area contributed by atoms with Crippen LogP contribution in [0.15, 0.2) is 45.8 Å². The SMILES string of the molecule is O=C(O)CCC(=O)O.OB(OF)OF.[H-].[Li+].c1ccsc1.c1ccsc1. The normalized spacial score (nSPS) is 7.96. The first-order valence-corrected chi connectivity index (χ1v) is 7.93. The second-order valence-electron chi connectivity index (χ2n) is 3.36. The summed E-state index contributed by atoms with van der Waals surface area (Å²) in [5.41, 5.74) is 0. The van der Waals surface area contributed by atoms with E-state index in [-0.39, 0.29) is 33.1 Å². The first-order valence-electron chi connectivity index (χ1n) is 6.04. The van der Waals surface area contributed by atoms with Gasteiger partial charge < -0.3 is 16.7 Å². The maximum absolute atomic E-state index is 10.3. The molecule has 0 bridgehead atoms. The molecular formula is C12H16BF2LiO7S2. The predicted molar refractivity (Wildman–Crippen MR) is 86.6 cm³/mol. The third-order valence-electron chi connectivity index (χ3n) is 1.56. The van der Waals surface area contributed by atoms with Crippen LogP contribution in [0.3, 0.4) is 0 Å². The van der Waals surface area contributed by atoms with Crippen molar-refractivity contribution in [3.63, 3.8) is 0 Å². The molecule has 25 heavy (non-hydrogen) atoms. The van der Waals surface area contributed by atoms with Crippen LogP contribution < -0.4 is 18.9 Å². The van der Waals surface area contributed by atoms with Crippen LogP contribution in [-0.4, -0.2) is 34.5 Å². The van der Waals surface area contributed by atoms with Crippen LogP contribution in [0.5, 0.6) is 0 Å². The van der Waals surface area contributed by atoms with Crippen molar-refractivity contribution in [2.75, 3.05) is 0 Å². The van der Waals surface area contributed by atoms with E-state index in [1.165, 1.54) is 0 Å². The van der Waals surface area contributed by atoms with Gasteiger partial charge in [-0.1, -0.05) is 33.3 Å². The largest absolute Gasteiger partial charge is 1.00 e. The zero-order valence-corrected chi connectivity index (χ0v) is 14.8. The Balaban J connectivity index is -0.000000123. The minimum Gasteiger partial charge on any atom is -1.00 e. The van der Waals surface area contributed by atoms with E-state index in [4.69, 9.17) is 15.2 Å². The Bertz CT molecular complexity index is 419. The van der Waals surface area contributed by atoms with E-state index in [2.05, 4.69) is 9.72 Å². The Labute approximate surface area is 164 Å². The van der Waals surface area contributed by atoms with Gasteiger partial charge in [-0.15, -0.1) is 0 Å². The summed E-state index contributed by atoms with van der Waals surface area (Å²) < 4.78 is 20.5. The molecule has 136 valence electrons. The van der Waals surface area contributed by atoms with Crippen molar-refractivity contribution in [1.82, 2.24) is 0 Å². The number of carboxylic acids is 2. The van der Waals surface area contributed by atoms with Gasteiger partial charge in [-0.2, -0.15) is 32.4 Å². The fourth-order valence-electron chi connectivity index (χ4n) is 0.681. The molecule has 0 spiro atoms. The minimum absolute atomic E-state index is 0. The first kappa shape index (κ1) is 28.5. The van der Waals surface area contributed by atoms with Gasteiger partial charge in [-0.25, -0.2) is 0 Å². The van der Waals surface area contributed by atoms with Crippen molar-refractivity contribution in [2.24, 2.45) is 0 Å². The average molecular weight is 392 g/mol. The number of aliphatic carboxylic acids is 2. The number of halogens is 2. The number of thiophene rings is 2. The molecule has 7 nitrogen and oxygen atoms in total. The summed E-state index contributed by atoms with van der Waals surface area (Å²) in [6, 6.07) is 8.07. The van der Waals surface area contributed by atoms with Gasteiger partial charge in [-0.05, 0) is 21.5 Å². The minimum atomic E-state index is -2.40. The van der Waals surface area contributed by atoms with E-state index in [9.17, 15) is 18.6 Å². The van der Waals surface area contributed by atoms with Crippen molar-refractivity contribution in [3.05, 3.63) is 45.8 Å². The molecule has 0 aliphatic carbocycles. The van der Waals surface area contributed by atoms with Gasteiger partial charge in [0.25, 0.3) is 0 Å². The number of carboxylic acid groups (broad SMARTS) is 2. The maximum atomic E-state index is 10.3. The zero-order valence-electron chi connectivity index (χ0n) is 14.2. The molecule has 0 amide bonds. The quantitative estimate of drug-likeness (QED) is 0.628. The summed E-state index contributed by atoms with van der Waals surface area (Å²) in [5, 5.41) is 31.4. The Morgan fingerprint density at radius 2 is 1.16 bits per heavy atom. The van der Waals surface area contributed by atoms with Crippen molar-refractivity contribution in [1.29, 1.82) is 0 Å². The average Bonchev–Trinajstić information content (AvgIpc) is 3.30. The molecule has 2 rings (SSSR count). The molecule has 0 saturated heterocycles. The van der Waals surface area contributed by atoms with Crippen LogP contribution in [-0.2, 0) is 19.3 Å². The standard InChI is InChI=1S/C4H6O4.2C4H4S.BF2HO3.Li.H/c5-3(6)1-2-4(7)8;2*1-2-4-5-3-1;2-5-1(4)6-3;;/h1-2H2,(H,5,6)(H,7,8);2*1-4H;4H;;/q;;;;+1;-1. The number of rotatable bonds is 5. The molecule has 0 unspecified atom stereocenters. The smallest absolute Gasteiger partial charge is 1.00 e. The summed E-state index contributed by atoms with van der Waals surface area (Å²) >= 11 is 3.43. The van der Waals surface area contributed by atoms with Crippen LogP contribution in [0.25, 0.3) is 0 Å². The van der Waals surface area contributed by atoms with Gasteiger partial charge >= 0.3 is 38.1 Å². The molecule has 13 heteroatoms. The summed E-state index contributed by atoms with van der Waals surface area (Å²) in [6.45, 7) is 0. The summed E-state index contributed by atoms with van der Waals surface area (Å²) in [5.74, 6) is -2.15. The van der Waals surface area contributed by atoms with Gasteiger partial charge in [0.2, 0.25) is 0 Å². The van der Waals surface area contributed by atoms with E-state index >= 15 is 0 Å². The van der Waals surface area contributed by atoms with Gasteiger partial charge in [-0.3, -0.25) is 9.59 Å². The van der Waals surface area contributed by atoms with Crippen molar-refractivity contribution in [2.45, 2.75) is 12.8 Å². The van der Waals surface area contributed by atoms with Crippen LogP contribution in [0, 0.1) is 0 Å². The summed E-state index contributed by atoms with van der Waals surface area (Å²) in [7, 11) is -2.40. The monoisotopic (exact) mass is 392 g/mol. The van der Waals surface area contributed by atoms with E-state index < -0.39 is 19.3 Å². The maximum Gasteiger partial charge on any atom is 1.00 e. The second kappa shape index (κ2) is 22.7. The molecule has 0 aliphatic rings. The van der Waals surface area contributed by atoms with E-state index in [1.807, 2.05) is 45.8 Å². The van der Waals surface area contributed by atoms with Gasteiger partial charge in [0.1, 0.15) is 0 Å². The molecular weight excluding hydrogens is 376 g/mol. The van der Waals surface area contributed by atoms with Crippen LogP contribution >= 0.6 is 22.7 Å². The van der Waals surface area contributed by atoms with Crippen LogP contribution in [0.2, 0.25) is 0 Å². The number of carbonyl (C=O) groups is 2. The van der Waals surface area contributed by atoms with Crippen molar-refractivity contribution < 1.29 is 63.9 Å². The van der Waals surface area contributed by atoms with Gasteiger partial charge in [0.15, 0.2) is 0 Å². The summed E-state index contributed by atoms with van der Waals surface area (Å²) in [6.07, 6.45) is -0.593. The van der Waals surface area contributed by atoms with Crippen LogP contribution in [0.1, 0.15) is 14.3 Å². The molecule has 0 aromatic carbocycles. The third kappa shape index (κ3) is 31.1. The Morgan fingerprint density at radius 3 is 1.24 bits per heavy atom. The Hall–Kier alpha value is -1.26. The fraction of sp³-hybridized carbons (Fsp3) is 0.167. The number of hydrogen-bond donors (Lipinski definition) is 3. The Kier molecular flexibility index (Phi) is 26.0. The third-order valence-corrected chi connectivity index (χ3v) is 2.81. The molecule has 0 radical (unpaired) electrons. The first-order chi connectivity index (χ1) is 11.4. The van der Waals surface area contributed by atoms with Crippen LogP contribution in [0.4, 0.5) is 9.05 Å². The van der Waals surface area contributed by atoms with Crippen molar-refractivity contribution >= 4 is 41.9 Å². The molecule has 0 fully saturated rings. The molecule has 3 N–H and O–H groups in total. The van der Waals surface area contributed by atoms with Gasteiger partial charge in [0.05, 0.1) is 12.8 Å². The molecule has 2 aromatic heterocycles. The topological polar surface area (TPSA) is 113 Å².